The van der Waals surface area contributed by atoms with Crippen LogP contribution in [0.3, 0.4) is 0 Å². The molecule has 118 valence electrons. The maximum atomic E-state index is 12.7. The molecule has 1 aromatic rings. The largest absolute Gasteiger partial charge is 0.396 e. The first-order valence-electron chi connectivity index (χ1n) is 6.91. The van der Waals surface area contributed by atoms with E-state index in [0.29, 0.717) is 40.3 Å². The van der Waals surface area contributed by atoms with Gasteiger partial charge in [-0.2, -0.15) is 0 Å². The van der Waals surface area contributed by atoms with Crippen LogP contribution in [0.5, 0.6) is 0 Å². The predicted octanol–water partition coefficient (Wildman–Crippen LogP) is 3.24. The zero-order valence-electron chi connectivity index (χ0n) is 13.0. The number of hydrogen-bond donors (Lipinski definition) is 1. The summed E-state index contributed by atoms with van der Waals surface area (Å²) in [6, 6.07) is 3.15. The third-order valence-corrected chi connectivity index (χ3v) is 3.64. The van der Waals surface area contributed by atoms with Gasteiger partial charge in [0.25, 0.3) is 5.91 Å². The quantitative estimate of drug-likeness (QED) is 0.814. The number of halogens is 2. The van der Waals surface area contributed by atoms with Gasteiger partial charge in [-0.15, -0.1) is 0 Å². The summed E-state index contributed by atoms with van der Waals surface area (Å²) in [5.74, 6) is 0.310. The van der Waals surface area contributed by atoms with Gasteiger partial charge < -0.3 is 15.5 Å². The molecule has 0 saturated carbocycles. The predicted molar refractivity (Wildman–Crippen MR) is 90.2 cm³/mol. The van der Waals surface area contributed by atoms with Gasteiger partial charge in [0.15, 0.2) is 0 Å². The van der Waals surface area contributed by atoms with Crippen LogP contribution in [0.15, 0.2) is 12.1 Å². The third kappa shape index (κ3) is 5.38. The fraction of sp³-hybridized carbons (Fsp3) is 0.533. The minimum atomic E-state index is -0.0747. The lowest BCUT2D eigenvalue weighted by molar-refractivity contribution is 0.0724. The van der Waals surface area contributed by atoms with Crippen LogP contribution in [0, 0.1) is 5.92 Å². The highest BCUT2D eigenvalue weighted by Crippen LogP contribution is 2.29. The summed E-state index contributed by atoms with van der Waals surface area (Å²) < 4.78 is 0. The summed E-state index contributed by atoms with van der Waals surface area (Å²) >= 11 is 12.0. The summed E-state index contributed by atoms with van der Waals surface area (Å²) in [5.41, 5.74) is 6.49. The zero-order valence-corrected chi connectivity index (χ0v) is 14.5. The summed E-state index contributed by atoms with van der Waals surface area (Å²) in [7, 11) is 3.96. The van der Waals surface area contributed by atoms with Crippen LogP contribution in [-0.2, 0) is 0 Å². The number of nitrogens with two attached hydrogens (primary N) is 1. The lowest BCUT2D eigenvalue weighted by Crippen LogP contribution is -2.39. The van der Waals surface area contributed by atoms with Crippen LogP contribution in [0.2, 0.25) is 10.0 Å². The number of amides is 1. The van der Waals surface area contributed by atoms with Gasteiger partial charge in [-0.05, 0) is 32.1 Å². The number of likely N-dealkylation sites (N-methyl/N-ethyl adjacent to an activating group) is 1. The van der Waals surface area contributed by atoms with Crippen LogP contribution in [0.4, 0.5) is 5.69 Å². The molecule has 0 aromatic heterocycles. The number of carbonyl (C=O) groups is 1. The second-order valence-corrected chi connectivity index (χ2v) is 6.62. The molecule has 2 N–H and O–H groups in total. The highest BCUT2D eigenvalue weighted by Gasteiger charge is 2.19. The van der Waals surface area contributed by atoms with E-state index in [-0.39, 0.29) is 5.91 Å². The smallest absolute Gasteiger partial charge is 0.254 e. The average molecular weight is 332 g/mol. The molecule has 0 unspecified atom stereocenters. The Labute approximate surface area is 136 Å². The second kappa shape index (κ2) is 7.87. The molecule has 0 aliphatic carbocycles. The molecular weight excluding hydrogens is 309 g/mol. The SMILES string of the molecule is CC(C)CN(CCN(C)C)C(=O)c1cc(Cl)c(N)c(Cl)c1. The summed E-state index contributed by atoms with van der Waals surface area (Å²) in [5, 5.41) is 0.617. The van der Waals surface area contributed by atoms with E-state index < -0.39 is 0 Å². The van der Waals surface area contributed by atoms with E-state index in [1.54, 1.807) is 12.1 Å². The van der Waals surface area contributed by atoms with Crippen molar-refractivity contribution in [2.75, 3.05) is 39.5 Å². The van der Waals surface area contributed by atoms with Crippen molar-refractivity contribution in [1.29, 1.82) is 0 Å². The Hall–Kier alpha value is -0.970. The molecule has 0 saturated heterocycles. The van der Waals surface area contributed by atoms with Crippen molar-refractivity contribution >= 4 is 34.8 Å². The van der Waals surface area contributed by atoms with E-state index in [9.17, 15) is 4.79 Å². The molecular formula is C15H23Cl2N3O. The van der Waals surface area contributed by atoms with Crippen LogP contribution < -0.4 is 5.73 Å². The number of nitrogens with zero attached hydrogens (tertiary/aromatic N) is 2. The summed E-state index contributed by atoms with van der Waals surface area (Å²) in [4.78, 5) is 16.5. The number of rotatable bonds is 6. The maximum Gasteiger partial charge on any atom is 0.254 e. The molecule has 0 atom stereocenters. The van der Waals surface area contributed by atoms with Crippen molar-refractivity contribution in [3.8, 4) is 0 Å². The van der Waals surface area contributed by atoms with Crippen molar-refractivity contribution in [2.24, 2.45) is 5.92 Å². The van der Waals surface area contributed by atoms with E-state index in [1.807, 2.05) is 23.9 Å². The molecule has 0 fully saturated rings. The Morgan fingerprint density at radius 3 is 2.14 bits per heavy atom. The lowest BCUT2D eigenvalue weighted by atomic mass is 10.1. The normalized spacial score (nSPS) is 11.2. The lowest BCUT2D eigenvalue weighted by Gasteiger charge is -2.26. The molecule has 21 heavy (non-hydrogen) atoms. The van der Waals surface area contributed by atoms with Crippen molar-refractivity contribution in [2.45, 2.75) is 13.8 Å². The molecule has 1 amide bonds. The average Bonchev–Trinajstić information content (AvgIpc) is 2.38. The Morgan fingerprint density at radius 1 is 1.19 bits per heavy atom. The topological polar surface area (TPSA) is 49.6 Å². The Balaban J connectivity index is 2.98. The molecule has 1 rings (SSSR count). The van der Waals surface area contributed by atoms with Gasteiger partial charge in [0, 0.05) is 25.2 Å². The second-order valence-electron chi connectivity index (χ2n) is 5.80. The highest BCUT2D eigenvalue weighted by molar-refractivity contribution is 6.39. The van der Waals surface area contributed by atoms with E-state index in [1.165, 1.54) is 0 Å². The highest BCUT2D eigenvalue weighted by atomic mass is 35.5. The van der Waals surface area contributed by atoms with Crippen molar-refractivity contribution in [1.82, 2.24) is 9.80 Å². The van der Waals surface area contributed by atoms with Gasteiger partial charge >= 0.3 is 0 Å². The van der Waals surface area contributed by atoms with Gasteiger partial charge in [-0.25, -0.2) is 0 Å². The molecule has 0 heterocycles. The molecule has 6 heteroatoms. The molecule has 0 aliphatic rings. The molecule has 4 nitrogen and oxygen atoms in total. The Kier molecular flexibility index (Phi) is 6.78. The van der Waals surface area contributed by atoms with E-state index in [4.69, 9.17) is 28.9 Å². The fourth-order valence-corrected chi connectivity index (χ4v) is 2.41. The number of nitrogen functional groups attached to an aromatic ring is 1. The van der Waals surface area contributed by atoms with Gasteiger partial charge in [-0.1, -0.05) is 37.0 Å². The van der Waals surface area contributed by atoms with Crippen molar-refractivity contribution in [3.05, 3.63) is 27.7 Å². The summed E-state index contributed by atoms with van der Waals surface area (Å²) in [6.07, 6.45) is 0. The molecule has 0 spiro atoms. The third-order valence-electron chi connectivity index (χ3n) is 3.02. The van der Waals surface area contributed by atoms with Crippen molar-refractivity contribution in [3.63, 3.8) is 0 Å². The number of hydrogen-bond acceptors (Lipinski definition) is 3. The first-order valence-corrected chi connectivity index (χ1v) is 7.66. The first kappa shape index (κ1) is 18.1. The number of carbonyl (C=O) groups excluding carboxylic acids is 1. The van der Waals surface area contributed by atoms with Gasteiger partial charge in [0.05, 0.1) is 15.7 Å². The van der Waals surface area contributed by atoms with Crippen molar-refractivity contribution < 1.29 is 4.79 Å². The minimum Gasteiger partial charge on any atom is -0.396 e. The summed E-state index contributed by atoms with van der Waals surface area (Å²) in [6.45, 7) is 6.31. The van der Waals surface area contributed by atoms with Gasteiger partial charge in [-0.3, -0.25) is 4.79 Å². The van der Waals surface area contributed by atoms with E-state index in [0.717, 1.165) is 6.54 Å². The van der Waals surface area contributed by atoms with Crippen LogP contribution >= 0.6 is 23.2 Å². The number of benzene rings is 1. The van der Waals surface area contributed by atoms with Crippen LogP contribution in [-0.4, -0.2) is 49.4 Å². The van der Waals surface area contributed by atoms with Crippen LogP contribution in [0.25, 0.3) is 0 Å². The molecule has 1 aromatic carbocycles. The Morgan fingerprint density at radius 2 is 1.71 bits per heavy atom. The van der Waals surface area contributed by atoms with Gasteiger partial charge in [0.1, 0.15) is 0 Å². The van der Waals surface area contributed by atoms with E-state index >= 15 is 0 Å². The zero-order chi connectivity index (χ0) is 16.2. The monoisotopic (exact) mass is 331 g/mol. The fourth-order valence-electron chi connectivity index (χ4n) is 1.93. The van der Waals surface area contributed by atoms with E-state index in [2.05, 4.69) is 13.8 Å². The number of anilines is 1. The Bertz CT molecular complexity index is 481. The molecule has 0 radical (unpaired) electrons. The molecule has 0 aliphatic heterocycles. The molecule has 0 bridgehead atoms. The van der Waals surface area contributed by atoms with Gasteiger partial charge in [0.2, 0.25) is 0 Å². The maximum absolute atomic E-state index is 12.7. The standard InChI is InChI=1S/C15H23Cl2N3O/c1-10(2)9-20(6-5-19(3)4)15(21)11-7-12(16)14(18)13(17)8-11/h7-8,10H,5-6,9,18H2,1-4H3. The van der Waals surface area contributed by atoms with Crippen LogP contribution in [0.1, 0.15) is 24.2 Å². The minimum absolute atomic E-state index is 0.0747. The first-order chi connectivity index (χ1) is 9.72.